The maximum absolute atomic E-state index is 14.0. The van der Waals surface area contributed by atoms with E-state index in [0.717, 1.165) is 105 Å². The van der Waals surface area contributed by atoms with E-state index >= 15 is 0 Å². The summed E-state index contributed by atoms with van der Waals surface area (Å²) >= 11 is 0. The first-order valence-electron chi connectivity index (χ1n) is 25.6. The van der Waals surface area contributed by atoms with Crippen molar-refractivity contribution in [2.45, 2.75) is 101 Å². The monoisotopic (exact) mass is 1190 g/mol. The molecular weight excluding hydrogens is 1130 g/mol. The number of ether oxygens (including phenoxy) is 3. The highest BCUT2D eigenvalue weighted by atomic mass is 33.1. The van der Waals surface area contributed by atoms with Crippen LogP contribution in [0.4, 0.5) is 11.6 Å². The topological polar surface area (TPSA) is 350 Å². The molecule has 6 aliphatic rings. The molecule has 25 nitrogen and oxygen atoms in total. The fourth-order valence-corrected chi connectivity index (χ4v) is 17.0. The number of carbonyl (C=O) groups excluding carboxylic acids is 1. The molecular formula is C49H58N8O17P3S2+. The molecule has 0 bridgehead atoms. The number of nitrogen functional groups attached to an aromatic ring is 1. The Bertz CT molecular complexity index is 3720. The van der Waals surface area contributed by atoms with Crippen LogP contribution in [0.3, 0.4) is 0 Å². The van der Waals surface area contributed by atoms with E-state index in [-0.39, 0.29) is 47.1 Å². The zero-order valence-electron chi connectivity index (χ0n) is 43.0. The van der Waals surface area contributed by atoms with Crippen LogP contribution in [0.25, 0.3) is 16.7 Å². The van der Waals surface area contributed by atoms with E-state index in [1.54, 1.807) is 19.1 Å². The normalized spacial score (nSPS) is 22.0. The lowest BCUT2D eigenvalue weighted by Gasteiger charge is -2.39. The van der Waals surface area contributed by atoms with E-state index in [9.17, 15) is 43.0 Å². The number of anilines is 2. The van der Waals surface area contributed by atoms with Crippen LogP contribution < -0.4 is 41.4 Å². The minimum atomic E-state index is -5.83. The highest BCUT2D eigenvalue weighted by molar-refractivity contribution is 8.77. The van der Waals surface area contributed by atoms with Crippen LogP contribution in [0.1, 0.15) is 107 Å². The second-order valence-corrected chi connectivity index (χ2v) is 28.4. The van der Waals surface area contributed by atoms with Crippen molar-refractivity contribution in [3.8, 4) is 11.5 Å². The van der Waals surface area contributed by atoms with Gasteiger partial charge in [0.15, 0.2) is 11.2 Å². The lowest BCUT2D eigenvalue weighted by Crippen LogP contribution is -2.45. The summed E-state index contributed by atoms with van der Waals surface area (Å²) in [6.45, 7) is 8.59. The van der Waals surface area contributed by atoms with Gasteiger partial charge in [0.1, 0.15) is 42.4 Å². The summed E-state index contributed by atoms with van der Waals surface area (Å²) in [7, 11) is -14.5. The standard InChI is InChI=1S/C49H57N8O17P3S2/c1-48(2,79-78-25-69-35-21-49(3,57-24-52-38-43(57)53-47(50)54-45(38)59)72-36(35)22-70-76(65,66)74-77(67,68)73-75(62,63)64)23-51-44(58)28-12-13-29(32(20-28)46(60)61)37-33-18-26-8-4-14-55-16-6-10-30(39(26)55)41(33)71-42-31-11-7-17-56-15-5-9-27(40(31)56)19-34(37)42/h12-13,18-20,24,35-36H,4-11,14-17,21-23,25H2,1-3H3,(H8-,50,51,53,54,58,59,60,61,62,63,64,65,66,67,68)/p+1/t35?,36-,49+/m1/s1. The fourth-order valence-electron chi connectivity index (χ4n) is 11.8. The number of H-pyrrole nitrogens is 1. The van der Waals surface area contributed by atoms with Crippen LogP contribution in [-0.2, 0) is 67.7 Å². The van der Waals surface area contributed by atoms with E-state index in [0.29, 0.717) is 5.56 Å². The molecule has 9 N–H and O–H groups in total. The van der Waals surface area contributed by atoms with Crippen molar-refractivity contribution in [1.82, 2.24) is 29.4 Å². The van der Waals surface area contributed by atoms with Crippen molar-refractivity contribution in [3.63, 3.8) is 0 Å². The third kappa shape index (κ3) is 11.2. The van der Waals surface area contributed by atoms with Crippen LogP contribution in [-0.4, -0.2) is 118 Å². The average Bonchev–Trinajstić information content (AvgIpc) is 3.51. The highest BCUT2D eigenvalue weighted by Crippen LogP contribution is 2.66. The lowest BCUT2D eigenvalue weighted by atomic mass is 9.81. The summed E-state index contributed by atoms with van der Waals surface area (Å²) in [6.07, 6.45) is 6.61. The predicted molar refractivity (Wildman–Crippen MR) is 291 cm³/mol. The first kappa shape index (κ1) is 55.9. The van der Waals surface area contributed by atoms with Gasteiger partial charge in [-0.1, -0.05) is 27.7 Å². The van der Waals surface area contributed by atoms with Gasteiger partial charge in [0.05, 0.1) is 30.2 Å². The van der Waals surface area contributed by atoms with Crippen molar-refractivity contribution in [3.05, 3.63) is 102 Å². The van der Waals surface area contributed by atoms with E-state index in [1.807, 2.05) is 13.8 Å². The minimum absolute atomic E-state index is 0.00798. The van der Waals surface area contributed by atoms with Gasteiger partial charge in [0.25, 0.3) is 11.5 Å². The Morgan fingerprint density at radius 1 is 0.962 bits per heavy atom. The number of nitrogens with two attached hydrogens (primary N) is 1. The maximum Gasteiger partial charge on any atom is 0.490 e. The van der Waals surface area contributed by atoms with E-state index < -0.39 is 70.2 Å². The molecule has 11 rings (SSSR count). The number of carboxylic acid groups (broad SMARTS) is 1. The summed E-state index contributed by atoms with van der Waals surface area (Å²) in [4.78, 5) is 91.1. The molecule has 0 aliphatic carbocycles. The van der Waals surface area contributed by atoms with Crippen LogP contribution in [0.15, 0.2) is 41.5 Å². The molecule has 422 valence electrons. The molecule has 5 aromatic rings. The van der Waals surface area contributed by atoms with Crippen LogP contribution in [0, 0.1) is 0 Å². The van der Waals surface area contributed by atoms with Crippen LogP contribution in [0.2, 0.25) is 0 Å². The molecule has 0 radical (unpaired) electrons. The molecule has 3 unspecified atom stereocenters. The van der Waals surface area contributed by atoms with Gasteiger partial charge in [-0.25, -0.2) is 28.0 Å². The molecule has 0 saturated carbocycles. The van der Waals surface area contributed by atoms with Gasteiger partial charge in [0.2, 0.25) is 11.3 Å². The SMILES string of the molecule is CC(C)(CNC(=O)c1ccc(C2=c3cc4c5c(c3Oc3c2cc2c6c3CCCN6CCC2)CCC[N+]=5CCC4)c(C(=O)O)c1)SSCOC1C[C@@](C)(n2cnc3c(=O)[nH]c(N)nc32)O[C@@H]1COP(=O)(O)OP(=O)(O)OP(=O)(O)O. The number of amides is 1. The summed E-state index contributed by atoms with van der Waals surface area (Å²) < 4.78 is 71.5. The van der Waals surface area contributed by atoms with Gasteiger partial charge in [-0.15, -0.1) is 0 Å². The number of hydrogen-bond acceptors (Lipinski definition) is 18. The number of hydrogen-bond donors (Lipinski definition) is 8. The smallest absolute Gasteiger partial charge is 0.478 e. The molecule has 2 aromatic heterocycles. The Kier molecular flexibility index (Phi) is 14.9. The Morgan fingerprint density at radius 2 is 1.70 bits per heavy atom. The van der Waals surface area contributed by atoms with Crippen LogP contribution in [0.5, 0.6) is 11.5 Å². The van der Waals surface area contributed by atoms with Gasteiger partial charge in [-0.2, -0.15) is 13.6 Å². The molecule has 8 heterocycles. The summed E-state index contributed by atoms with van der Waals surface area (Å²) in [6, 6.07) is 9.30. The first-order valence-corrected chi connectivity index (χ1v) is 32.4. The number of rotatable bonds is 18. The number of aromatic nitrogens is 4. The molecule has 1 amide bonds. The molecule has 1 fully saturated rings. The van der Waals surface area contributed by atoms with Crippen molar-refractivity contribution >= 4 is 85.3 Å². The van der Waals surface area contributed by atoms with Gasteiger partial charge < -0.3 is 54.8 Å². The van der Waals surface area contributed by atoms with Gasteiger partial charge in [-0.05, 0) is 94.7 Å². The van der Waals surface area contributed by atoms with E-state index in [4.69, 9.17) is 34.3 Å². The zero-order chi connectivity index (χ0) is 56.0. The molecule has 79 heavy (non-hydrogen) atoms. The average molecular weight is 1190 g/mol. The molecule has 30 heteroatoms. The molecule has 1 saturated heterocycles. The largest absolute Gasteiger partial charge is 0.490 e. The summed E-state index contributed by atoms with van der Waals surface area (Å²) in [5.41, 5.74) is 12.1. The number of carbonyl (C=O) groups is 2. The van der Waals surface area contributed by atoms with Crippen molar-refractivity contribution < 1.29 is 75.3 Å². The highest BCUT2D eigenvalue weighted by Gasteiger charge is 2.49. The predicted octanol–water partition coefficient (Wildman–Crippen LogP) is 4.57. The van der Waals surface area contributed by atoms with Gasteiger partial charge in [-0.3, -0.25) is 23.7 Å². The van der Waals surface area contributed by atoms with Gasteiger partial charge >= 0.3 is 29.4 Å². The second-order valence-electron chi connectivity index (χ2n) is 21.0. The van der Waals surface area contributed by atoms with Crippen LogP contribution >= 0.6 is 45.1 Å². The number of imidazole rings is 1. The van der Waals surface area contributed by atoms with Crippen molar-refractivity contribution in [2.24, 2.45) is 0 Å². The number of fused-ring (bicyclic) bond motifs is 5. The summed E-state index contributed by atoms with van der Waals surface area (Å²) in [5.74, 6) is -0.321. The first-order chi connectivity index (χ1) is 37.4. The van der Waals surface area contributed by atoms with E-state index in [1.165, 1.54) is 71.8 Å². The molecule has 3 aromatic carbocycles. The quantitative estimate of drug-likeness (QED) is 0.0192. The third-order valence-electron chi connectivity index (χ3n) is 14.9. The number of benzene rings is 3. The minimum Gasteiger partial charge on any atom is -0.478 e. The number of phosphoric ester groups is 1. The molecule has 0 spiro atoms. The second kappa shape index (κ2) is 21.1. The number of aromatic carboxylic acids is 1. The lowest BCUT2D eigenvalue weighted by molar-refractivity contribution is -0.105. The Morgan fingerprint density at radius 3 is 2.46 bits per heavy atom. The number of phosphoric acid groups is 3. The summed E-state index contributed by atoms with van der Waals surface area (Å²) in [5, 5.41) is 16.1. The van der Waals surface area contributed by atoms with Crippen molar-refractivity contribution in [1.29, 1.82) is 0 Å². The number of aromatic amines is 1. The zero-order valence-corrected chi connectivity index (χ0v) is 47.4. The third-order valence-corrected chi connectivity index (χ3v) is 21.7. The number of carboxylic acids is 1. The van der Waals surface area contributed by atoms with Gasteiger partial charge in [0, 0.05) is 82.4 Å². The van der Waals surface area contributed by atoms with E-state index in [2.05, 4.69) is 50.5 Å². The van der Waals surface area contributed by atoms with Crippen molar-refractivity contribution in [2.75, 3.05) is 55.9 Å². The number of nitrogens with one attached hydrogen (secondary N) is 2. The number of aryl methyl sites for hydroxylation is 2. The Hall–Kier alpha value is -4.95. The maximum atomic E-state index is 14.0. The molecule has 5 atom stereocenters. The molecule has 6 aliphatic heterocycles. The Balaban J connectivity index is 0.808. The fraction of sp³-hybridized carbons (Fsp3) is 0.469. The Labute approximate surface area is 458 Å². The number of nitrogens with zero attached hydrogens (tertiary/aromatic N) is 5.